The lowest BCUT2D eigenvalue weighted by atomic mass is 10.2. The Hall–Kier alpha value is -1.44. The molecule has 1 aromatic carbocycles. The number of carbonyl (C=O) groups is 1. The number of carboxylic acids is 1. The number of benzene rings is 1. The first-order valence-corrected chi connectivity index (χ1v) is 7.75. The number of aromatic carboxylic acids is 1. The van der Waals surface area contributed by atoms with Gasteiger partial charge in [0.1, 0.15) is 0 Å². The van der Waals surface area contributed by atoms with Gasteiger partial charge in [0.2, 0.25) is 0 Å². The summed E-state index contributed by atoms with van der Waals surface area (Å²) < 4.78 is 34.0. The summed E-state index contributed by atoms with van der Waals surface area (Å²) in [5, 5.41) is 8.84. The van der Waals surface area contributed by atoms with Gasteiger partial charge in [-0.3, -0.25) is 0 Å². The normalized spacial score (nSPS) is 11.4. The van der Waals surface area contributed by atoms with Crippen LogP contribution in [0.2, 0.25) is 0 Å². The van der Waals surface area contributed by atoms with Crippen LogP contribution in [0, 0.1) is 0 Å². The zero-order chi connectivity index (χ0) is 15.0. The van der Waals surface area contributed by atoms with E-state index in [1.165, 1.54) is 24.3 Å². The number of hydrogen-bond donors (Lipinski definition) is 1. The van der Waals surface area contributed by atoms with E-state index in [2.05, 4.69) is 0 Å². The molecule has 20 heavy (non-hydrogen) atoms. The average Bonchev–Trinajstić information content (AvgIpc) is 2.43. The Bertz CT molecular complexity index is 538. The molecule has 6 nitrogen and oxygen atoms in total. The van der Waals surface area contributed by atoms with Crippen LogP contribution in [-0.2, 0) is 19.3 Å². The summed E-state index contributed by atoms with van der Waals surface area (Å²) in [6.45, 7) is 1.21. The Labute approximate surface area is 118 Å². The second-order valence-corrected chi connectivity index (χ2v) is 6.22. The van der Waals surface area contributed by atoms with Crippen molar-refractivity contribution in [2.45, 2.75) is 11.3 Å². The molecule has 0 amide bonds. The predicted molar refractivity (Wildman–Crippen MR) is 72.8 cm³/mol. The number of carboxylic acid groups (broad SMARTS) is 1. The SMILES string of the molecule is COCCOCCCS(=O)(=O)c1cccc(C(=O)O)c1. The van der Waals surface area contributed by atoms with Gasteiger partial charge in [0.25, 0.3) is 0 Å². The quantitative estimate of drug-likeness (QED) is 0.690. The van der Waals surface area contributed by atoms with E-state index in [9.17, 15) is 13.2 Å². The van der Waals surface area contributed by atoms with E-state index in [0.717, 1.165) is 0 Å². The van der Waals surface area contributed by atoms with Gasteiger partial charge >= 0.3 is 5.97 Å². The van der Waals surface area contributed by atoms with Crippen molar-refractivity contribution < 1.29 is 27.8 Å². The predicted octanol–water partition coefficient (Wildman–Crippen LogP) is 1.21. The fourth-order valence-electron chi connectivity index (χ4n) is 1.54. The molecular formula is C13H18O6S. The molecule has 0 saturated carbocycles. The summed E-state index contributed by atoms with van der Waals surface area (Å²) in [6.07, 6.45) is 0.351. The Morgan fingerprint density at radius 2 is 2.00 bits per heavy atom. The molecule has 0 saturated heterocycles. The van der Waals surface area contributed by atoms with Gasteiger partial charge in [0.15, 0.2) is 9.84 Å². The summed E-state index contributed by atoms with van der Waals surface area (Å²) in [5.41, 5.74) is -0.0394. The minimum Gasteiger partial charge on any atom is -0.478 e. The average molecular weight is 302 g/mol. The molecule has 1 rings (SSSR count). The van der Waals surface area contributed by atoms with E-state index in [1.54, 1.807) is 7.11 Å². The fourth-order valence-corrected chi connectivity index (χ4v) is 2.86. The third-order valence-electron chi connectivity index (χ3n) is 2.57. The standard InChI is InChI=1S/C13H18O6S/c1-18-7-8-19-6-3-9-20(16,17)12-5-2-4-11(10-12)13(14)15/h2,4-5,10H,3,6-9H2,1H3,(H,14,15). The van der Waals surface area contributed by atoms with Crippen LogP contribution in [0.3, 0.4) is 0 Å². The van der Waals surface area contributed by atoms with Crippen LogP contribution in [0.5, 0.6) is 0 Å². The van der Waals surface area contributed by atoms with Crippen LogP contribution >= 0.6 is 0 Å². The second-order valence-electron chi connectivity index (χ2n) is 4.11. The smallest absolute Gasteiger partial charge is 0.335 e. The number of hydrogen-bond acceptors (Lipinski definition) is 5. The Balaban J connectivity index is 2.56. The van der Waals surface area contributed by atoms with Crippen molar-refractivity contribution >= 4 is 15.8 Å². The highest BCUT2D eigenvalue weighted by Gasteiger charge is 2.15. The highest BCUT2D eigenvalue weighted by molar-refractivity contribution is 7.91. The number of rotatable bonds is 9. The van der Waals surface area contributed by atoms with E-state index in [1.807, 2.05) is 0 Å². The first kappa shape index (κ1) is 16.6. The molecule has 7 heteroatoms. The fraction of sp³-hybridized carbons (Fsp3) is 0.462. The molecule has 0 aliphatic heterocycles. The van der Waals surface area contributed by atoms with E-state index < -0.39 is 15.8 Å². The van der Waals surface area contributed by atoms with Crippen molar-refractivity contribution in [2.24, 2.45) is 0 Å². The lowest BCUT2D eigenvalue weighted by molar-refractivity contribution is 0.0696. The van der Waals surface area contributed by atoms with Crippen LogP contribution in [0.4, 0.5) is 0 Å². The molecule has 0 aliphatic carbocycles. The molecule has 1 aromatic rings. The van der Waals surface area contributed by atoms with Gasteiger partial charge in [0, 0.05) is 13.7 Å². The van der Waals surface area contributed by atoms with Crippen LogP contribution in [0.1, 0.15) is 16.8 Å². The third-order valence-corrected chi connectivity index (χ3v) is 4.37. The summed E-state index contributed by atoms with van der Waals surface area (Å²) in [6, 6.07) is 5.34. The highest BCUT2D eigenvalue weighted by Crippen LogP contribution is 2.14. The first-order chi connectivity index (χ1) is 9.47. The summed E-state index contributed by atoms with van der Waals surface area (Å²) in [4.78, 5) is 10.8. The Morgan fingerprint density at radius 3 is 2.65 bits per heavy atom. The number of methoxy groups -OCH3 is 1. The van der Waals surface area contributed by atoms with Crippen molar-refractivity contribution in [1.29, 1.82) is 0 Å². The second kappa shape index (κ2) is 7.98. The number of ether oxygens (including phenoxy) is 2. The molecule has 0 radical (unpaired) electrons. The van der Waals surface area contributed by atoms with Crippen LogP contribution < -0.4 is 0 Å². The van der Waals surface area contributed by atoms with E-state index >= 15 is 0 Å². The maximum Gasteiger partial charge on any atom is 0.335 e. The molecule has 112 valence electrons. The van der Waals surface area contributed by atoms with Gasteiger partial charge in [-0.05, 0) is 24.6 Å². The van der Waals surface area contributed by atoms with Crippen molar-refractivity contribution in [2.75, 3.05) is 32.7 Å². The molecule has 0 bridgehead atoms. The van der Waals surface area contributed by atoms with Crippen LogP contribution in [0.25, 0.3) is 0 Å². The minimum absolute atomic E-state index is 0.0225. The van der Waals surface area contributed by atoms with Crippen LogP contribution in [-0.4, -0.2) is 52.2 Å². The molecule has 0 atom stereocenters. The maximum absolute atomic E-state index is 12.0. The highest BCUT2D eigenvalue weighted by atomic mass is 32.2. The van der Waals surface area contributed by atoms with E-state index in [4.69, 9.17) is 14.6 Å². The Morgan fingerprint density at radius 1 is 1.25 bits per heavy atom. The monoisotopic (exact) mass is 302 g/mol. The van der Waals surface area contributed by atoms with Crippen molar-refractivity contribution in [3.63, 3.8) is 0 Å². The zero-order valence-corrected chi connectivity index (χ0v) is 12.1. The molecule has 0 fully saturated rings. The molecule has 0 unspecified atom stereocenters. The maximum atomic E-state index is 12.0. The molecule has 0 heterocycles. The van der Waals surface area contributed by atoms with Gasteiger partial charge < -0.3 is 14.6 Å². The van der Waals surface area contributed by atoms with Crippen LogP contribution in [0.15, 0.2) is 29.2 Å². The lowest BCUT2D eigenvalue weighted by Gasteiger charge is -2.06. The van der Waals surface area contributed by atoms with Gasteiger partial charge in [-0.15, -0.1) is 0 Å². The van der Waals surface area contributed by atoms with Gasteiger partial charge in [-0.1, -0.05) is 6.07 Å². The van der Waals surface area contributed by atoms with E-state index in [0.29, 0.717) is 26.2 Å². The molecule has 0 spiro atoms. The summed E-state index contributed by atoms with van der Waals surface area (Å²) >= 11 is 0. The van der Waals surface area contributed by atoms with Crippen molar-refractivity contribution in [1.82, 2.24) is 0 Å². The Kier molecular flexibility index (Phi) is 6.63. The zero-order valence-electron chi connectivity index (χ0n) is 11.2. The molecule has 0 aromatic heterocycles. The molecular weight excluding hydrogens is 284 g/mol. The summed E-state index contributed by atoms with van der Waals surface area (Å²) in [5.74, 6) is -1.23. The topological polar surface area (TPSA) is 89.9 Å². The molecule has 1 N–H and O–H groups in total. The lowest BCUT2D eigenvalue weighted by Crippen LogP contribution is -2.11. The largest absolute Gasteiger partial charge is 0.478 e. The molecule has 0 aliphatic rings. The summed E-state index contributed by atoms with van der Waals surface area (Å²) in [7, 11) is -1.92. The first-order valence-electron chi connectivity index (χ1n) is 6.10. The number of sulfone groups is 1. The van der Waals surface area contributed by atoms with Gasteiger partial charge in [-0.25, -0.2) is 13.2 Å². The van der Waals surface area contributed by atoms with Crippen molar-refractivity contribution in [3.05, 3.63) is 29.8 Å². The third kappa shape index (κ3) is 5.28. The van der Waals surface area contributed by atoms with E-state index in [-0.39, 0.29) is 16.2 Å². The minimum atomic E-state index is -3.48. The van der Waals surface area contributed by atoms with Crippen molar-refractivity contribution in [3.8, 4) is 0 Å². The van der Waals surface area contributed by atoms with Gasteiger partial charge in [-0.2, -0.15) is 0 Å². The van der Waals surface area contributed by atoms with Gasteiger partial charge in [0.05, 0.1) is 29.4 Å².